The molecule has 1 unspecified atom stereocenters. The molecule has 4 rings (SSSR count). The Hall–Kier alpha value is -3.19. The summed E-state index contributed by atoms with van der Waals surface area (Å²) in [7, 11) is 0. The lowest BCUT2D eigenvalue weighted by molar-refractivity contribution is -0.0503. The topological polar surface area (TPSA) is 184 Å². The van der Waals surface area contributed by atoms with Crippen molar-refractivity contribution in [1.29, 1.82) is 0 Å². The molecule has 6 N–H and O–H groups in total. The van der Waals surface area contributed by atoms with E-state index < -0.39 is 36.7 Å². The molecular formula is C16H17N7O5. The third kappa shape index (κ3) is 3.03. The largest absolute Gasteiger partial charge is 0.394 e. The van der Waals surface area contributed by atoms with Crippen LogP contribution in [0.3, 0.4) is 0 Å². The number of fused-ring (bicyclic) bond motifs is 1. The molecule has 4 atom stereocenters. The summed E-state index contributed by atoms with van der Waals surface area (Å²) in [5.74, 6) is -0.255. The molecule has 3 aromatic rings. The van der Waals surface area contributed by atoms with Gasteiger partial charge in [0, 0.05) is 0 Å². The third-order valence-corrected chi connectivity index (χ3v) is 4.33. The molecule has 0 saturated carbocycles. The summed E-state index contributed by atoms with van der Waals surface area (Å²) in [4.78, 5) is 22.7. The summed E-state index contributed by atoms with van der Waals surface area (Å²) < 4.78 is 6.76. The molecular weight excluding hydrogens is 370 g/mol. The number of imidazole rings is 1. The number of azo groups is 1. The Labute approximate surface area is 157 Å². The van der Waals surface area contributed by atoms with E-state index in [1.54, 1.807) is 24.3 Å². The molecule has 0 amide bonds. The molecule has 12 heteroatoms. The first-order valence-corrected chi connectivity index (χ1v) is 8.36. The molecule has 1 fully saturated rings. The average molecular weight is 387 g/mol. The van der Waals surface area contributed by atoms with Gasteiger partial charge in [0.1, 0.15) is 18.3 Å². The van der Waals surface area contributed by atoms with Gasteiger partial charge in [0.05, 0.1) is 12.3 Å². The minimum absolute atomic E-state index is 0.00176. The predicted molar refractivity (Wildman–Crippen MR) is 96.2 cm³/mol. The van der Waals surface area contributed by atoms with Crippen LogP contribution in [0.15, 0.2) is 45.4 Å². The van der Waals surface area contributed by atoms with Gasteiger partial charge < -0.3 is 25.8 Å². The van der Waals surface area contributed by atoms with E-state index in [1.807, 2.05) is 6.07 Å². The van der Waals surface area contributed by atoms with Crippen molar-refractivity contribution in [2.45, 2.75) is 24.5 Å². The highest BCUT2D eigenvalue weighted by Gasteiger charge is 2.45. The molecule has 0 aliphatic carbocycles. The fourth-order valence-corrected chi connectivity index (χ4v) is 2.98. The first-order valence-electron chi connectivity index (χ1n) is 8.36. The number of anilines is 1. The Morgan fingerprint density at radius 2 is 1.93 bits per heavy atom. The molecule has 0 radical (unpaired) electrons. The molecule has 3 heterocycles. The highest BCUT2D eigenvalue weighted by molar-refractivity contribution is 5.74. The SMILES string of the molecule is Nc1nc2c(nc(N=Nc3ccccc3)n2[C@@H]2O[C@H](CO)C(O)[C@@H]2O)c(=O)[nH]1. The van der Waals surface area contributed by atoms with Crippen molar-refractivity contribution in [3.8, 4) is 0 Å². The van der Waals surface area contributed by atoms with E-state index in [1.165, 1.54) is 4.57 Å². The van der Waals surface area contributed by atoms with Crippen LogP contribution in [0, 0.1) is 0 Å². The van der Waals surface area contributed by atoms with Gasteiger partial charge in [0.15, 0.2) is 17.4 Å². The summed E-state index contributed by atoms with van der Waals surface area (Å²) in [6.07, 6.45) is -5.03. The van der Waals surface area contributed by atoms with Crippen LogP contribution in [-0.2, 0) is 4.74 Å². The van der Waals surface area contributed by atoms with E-state index >= 15 is 0 Å². The molecule has 28 heavy (non-hydrogen) atoms. The summed E-state index contributed by atoms with van der Waals surface area (Å²) in [5, 5.41) is 37.9. The summed E-state index contributed by atoms with van der Waals surface area (Å²) in [6, 6.07) is 8.80. The standard InChI is InChI=1S/C16H17N7O5/c17-15-19-12-9(13(27)20-15)18-16(22-21-7-4-2-1-3-5-7)23(12)14-11(26)10(25)8(6-24)28-14/h1-5,8,10-11,14,24-26H,6H2,(H3,17,19,20,27)/t8-,10?,11+,14-/m1/s1. The predicted octanol–water partition coefficient (Wildman–Crippen LogP) is -0.271. The molecule has 0 spiro atoms. The Balaban J connectivity index is 1.87. The maximum Gasteiger partial charge on any atom is 0.280 e. The van der Waals surface area contributed by atoms with Gasteiger partial charge in [-0.05, 0) is 12.1 Å². The minimum atomic E-state index is -1.43. The van der Waals surface area contributed by atoms with Gasteiger partial charge in [-0.2, -0.15) is 4.98 Å². The average Bonchev–Trinajstić information content (AvgIpc) is 3.18. The third-order valence-electron chi connectivity index (χ3n) is 4.33. The normalized spacial score (nSPS) is 25.1. The van der Waals surface area contributed by atoms with E-state index in [-0.39, 0.29) is 23.1 Å². The van der Waals surface area contributed by atoms with Crippen molar-refractivity contribution < 1.29 is 20.1 Å². The van der Waals surface area contributed by atoms with Crippen LogP contribution >= 0.6 is 0 Å². The quantitative estimate of drug-likeness (QED) is 0.379. The Morgan fingerprint density at radius 1 is 1.18 bits per heavy atom. The maximum absolute atomic E-state index is 12.2. The maximum atomic E-state index is 12.2. The number of ether oxygens (including phenoxy) is 1. The molecule has 1 saturated heterocycles. The summed E-state index contributed by atoms with van der Waals surface area (Å²) in [5.41, 5.74) is 5.46. The number of benzene rings is 1. The van der Waals surface area contributed by atoms with Crippen LogP contribution in [-0.4, -0.2) is 59.8 Å². The number of H-pyrrole nitrogens is 1. The Kier molecular flexibility index (Phi) is 4.60. The lowest BCUT2D eigenvalue weighted by Gasteiger charge is -2.17. The smallest absolute Gasteiger partial charge is 0.280 e. The van der Waals surface area contributed by atoms with Crippen molar-refractivity contribution in [2.75, 3.05) is 12.3 Å². The number of nitrogens with one attached hydrogen (secondary N) is 1. The van der Waals surface area contributed by atoms with Crippen LogP contribution in [0.4, 0.5) is 17.6 Å². The van der Waals surface area contributed by atoms with Gasteiger partial charge in [0.2, 0.25) is 5.95 Å². The zero-order chi connectivity index (χ0) is 19.8. The van der Waals surface area contributed by atoms with Gasteiger partial charge in [0.25, 0.3) is 11.5 Å². The lowest BCUT2D eigenvalue weighted by Crippen LogP contribution is -2.33. The number of rotatable bonds is 4. The van der Waals surface area contributed by atoms with Gasteiger partial charge in [-0.1, -0.05) is 18.2 Å². The minimum Gasteiger partial charge on any atom is -0.394 e. The Morgan fingerprint density at radius 3 is 2.61 bits per heavy atom. The second-order valence-electron chi connectivity index (χ2n) is 6.17. The van der Waals surface area contributed by atoms with Crippen molar-refractivity contribution in [2.24, 2.45) is 10.2 Å². The number of nitrogens with two attached hydrogens (primary N) is 1. The lowest BCUT2D eigenvalue weighted by atomic mass is 10.1. The summed E-state index contributed by atoms with van der Waals surface area (Å²) in [6.45, 7) is -0.516. The van der Waals surface area contributed by atoms with Gasteiger partial charge in [-0.15, -0.1) is 10.2 Å². The fraction of sp³-hybridized carbons (Fsp3) is 0.312. The van der Waals surface area contributed by atoms with Crippen molar-refractivity contribution in [1.82, 2.24) is 19.5 Å². The zero-order valence-electron chi connectivity index (χ0n) is 14.4. The molecule has 0 bridgehead atoms. The molecule has 12 nitrogen and oxygen atoms in total. The zero-order valence-corrected chi connectivity index (χ0v) is 14.4. The molecule has 1 aliphatic heterocycles. The fourth-order valence-electron chi connectivity index (χ4n) is 2.98. The number of aliphatic hydroxyl groups excluding tert-OH is 3. The van der Waals surface area contributed by atoms with E-state index in [4.69, 9.17) is 10.5 Å². The number of hydrogen-bond acceptors (Lipinski definition) is 10. The number of hydrogen-bond donors (Lipinski definition) is 5. The number of aliphatic hydroxyl groups is 3. The number of nitrogen functional groups attached to an aromatic ring is 1. The van der Waals surface area contributed by atoms with Crippen molar-refractivity contribution >= 4 is 28.7 Å². The van der Waals surface area contributed by atoms with Crippen molar-refractivity contribution in [3.05, 3.63) is 40.7 Å². The molecule has 1 aromatic carbocycles. The van der Waals surface area contributed by atoms with Crippen LogP contribution in [0.5, 0.6) is 0 Å². The van der Waals surface area contributed by atoms with Crippen LogP contribution in [0.25, 0.3) is 11.2 Å². The second-order valence-corrected chi connectivity index (χ2v) is 6.17. The highest BCUT2D eigenvalue weighted by atomic mass is 16.6. The number of aromatic nitrogens is 4. The van der Waals surface area contributed by atoms with E-state index in [2.05, 4.69) is 25.2 Å². The number of aromatic amines is 1. The van der Waals surface area contributed by atoms with Crippen LogP contribution in [0.1, 0.15) is 6.23 Å². The molecule has 2 aromatic heterocycles. The van der Waals surface area contributed by atoms with Crippen LogP contribution in [0.2, 0.25) is 0 Å². The van der Waals surface area contributed by atoms with Gasteiger partial charge in [-0.25, -0.2) is 4.98 Å². The van der Waals surface area contributed by atoms with Crippen molar-refractivity contribution in [3.63, 3.8) is 0 Å². The van der Waals surface area contributed by atoms with Gasteiger partial charge >= 0.3 is 0 Å². The first kappa shape index (κ1) is 18.2. The monoisotopic (exact) mass is 387 g/mol. The summed E-state index contributed by atoms with van der Waals surface area (Å²) >= 11 is 0. The van der Waals surface area contributed by atoms with E-state index in [0.717, 1.165) is 0 Å². The van der Waals surface area contributed by atoms with Crippen LogP contribution < -0.4 is 11.3 Å². The van der Waals surface area contributed by atoms with E-state index in [0.29, 0.717) is 5.69 Å². The first-order chi connectivity index (χ1) is 13.5. The molecule has 1 aliphatic rings. The number of nitrogens with zero attached hydrogens (tertiary/aromatic N) is 5. The highest BCUT2D eigenvalue weighted by Crippen LogP contribution is 2.35. The second kappa shape index (κ2) is 7.09. The molecule has 146 valence electrons. The van der Waals surface area contributed by atoms with E-state index in [9.17, 15) is 20.1 Å². The van der Waals surface area contributed by atoms with Gasteiger partial charge in [-0.3, -0.25) is 14.3 Å². The Bertz CT molecular complexity index is 1080.